The van der Waals surface area contributed by atoms with Gasteiger partial charge in [-0.2, -0.15) is 0 Å². The fourth-order valence-electron chi connectivity index (χ4n) is 5.27. The Bertz CT molecular complexity index is 1980. The topological polar surface area (TPSA) is 29.9 Å². The molecule has 170 valence electrons. The lowest BCUT2D eigenvalue weighted by molar-refractivity contribution is -0.660. The Balaban J connectivity index is 1.74. The Kier molecular flexibility index (Phi) is 2.65. The van der Waals surface area contributed by atoms with Gasteiger partial charge in [-0.3, -0.25) is 4.98 Å². The van der Waals surface area contributed by atoms with Gasteiger partial charge in [-0.15, -0.1) is 0 Å². The minimum Gasteiger partial charge on any atom is -0.454 e. The Morgan fingerprint density at radius 2 is 1.76 bits per heavy atom. The monoisotopic (exact) mass is 457 g/mol. The summed E-state index contributed by atoms with van der Waals surface area (Å²) in [6.45, 7) is -3.08. The molecule has 0 N–H and O–H groups in total. The quantitative estimate of drug-likeness (QED) is 0.257. The molecule has 0 aliphatic heterocycles. The predicted molar refractivity (Wildman–Crippen MR) is 139 cm³/mol. The molecule has 0 unspecified atom stereocenters. The average Bonchev–Trinajstić information content (AvgIpc) is 3.41. The first-order chi connectivity index (χ1) is 20.2. The molecule has 1 aliphatic carbocycles. The number of fused-ring (bicyclic) bond motifs is 7. The third kappa shape index (κ3) is 2.70. The van der Waals surface area contributed by atoms with Crippen LogP contribution in [0.15, 0.2) is 59.4 Å². The highest BCUT2D eigenvalue weighted by Crippen LogP contribution is 2.52. The van der Waals surface area contributed by atoms with E-state index in [9.17, 15) is 0 Å². The van der Waals surface area contributed by atoms with Gasteiger partial charge in [-0.1, -0.05) is 51.8 Å². The smallest absolute Gasteiger partial charge is 0.216 e. The summed E-state index contributed by atoms with van der Waals surface area (Å²) < 4.78 is 92.4. The molecule has 0 saturated heterocycles. The van der Waals surface area contributed by atoms with Gasteiger partial charge in [0.15, 0.2) is 6.20 Å². The van der Waals surface area contributed by atoms with E-state index in [1.165, 1.54) is 18.6 Å². The van der Waals surface area contributed by atoms with Crippen molar-refractivity contribution in [2.75, 3.05) is 0 Å². The summed E-state index contributed by atoms with van der Waals surface area (Å²) in [5, 5.41) is 1.41. The molecule has 0 spiro atoms. The van der Waals surface area contributed by atoms with Crippen LogP contribution >= 0.6 is 0 Å². The third-order valence-corrected chi connectivity index (χ3v) is 6.99. The number of nitrogens with zero attached hydrogens (tertiary/aromatic N) is 2. The highest BCUT2D eigenvalue weighted by Gasteiger charge is 2.38. The minimum atomic E-state index is -2.93. The second-order valence-corrected chi connectivity index (χ2v) is 9.37. The molecular weight excluding hydrogens is 416 g/mol. The molecule has 0 radical (unpaired) electrons. The third-order valence-electron chi connectivity index (χ3n) is 6.99. The van der Waals surface area contributed by atoms with Crippen molar-refractivity contribution in [1.82, 2.24) is 4.98 Å². The van der Waals surface area contributed by atoms with Gasteiger partial charge < -0.3 is 4.42 Å². The summed E-state index contributed by atoms with van der Waals surface area (Å²) >= 11 is 0. The van der Waals surface area contributed by atoms with E-state index in [0.29, 0.717) is 44.5 Å². The van der Waals surface area contributed by atoms with Gasteiger partial charge in [0.2, 0.25) is 5.69 Å². The first-order valence-corrected chi connectivity index (χ1v) is 11.2. The number of aryl methyl sites for hydroxylation is 3. The zero-order valence-electron chi connectivity index (χ0n) is 29.5. The Morgan fingerprint density at radius 1 is 1.00 bits per heavy atom. The minimum absolute atomic E-state index is 0.0897. The summed E-state index contributed by atoms with van der Waals surface area (Å²) in [4.78, 5) is 4.12. The highest BCUT2D eigenvalue weighted by atomic mass is 16.3. The zero-order valence-corrected chi connectivity index (χ0v) is 19.5. The molecule has 0 amide bonds. The predicted octanol–water partition coefficient (Wildman–Crippen LogP) is 7.52. The molecule has 0 fully saturated rings. The lowest BCUT2D eigenvalue weighted by atomic mass is 9.83. The molecule has 5 aromatic rings. The van der Waals surface area contributed by atoms with E-state index in [-0.39, 0.29) is 16.7 Å². The number of aromatic nitrogens is 2. The molecule has 0 saturated carbocycles. The van der Waals surface area contributed by atoms with Gasteiger partial charge in [-0.25, -0.2) is 4.57 Å². The SMILES string of the molecule is [2H]C([2H])([2H])c1c[n+](C)c(-c2c(C)ccc3c2oc2c4c(ccc23)C(C([2H])([2H])[2H])(C([2H])([2H])[2H])c2cnccc2-4)cc1C([2H])(C)C. The van der Waals surface area contributed by atoms with Crippen LogP contribution in [0.4, 0.5) is 0 Å². The van der Waals surface area contributed by atoms with Crippen LogP contribution in [0, 0.1) is 13.8 Å². The number of furan rings is 1. The van der Waals surface area contributed by atoms with Gasteiger partial charge in [0.1, 0.15) is 18.2 Å². The second kappa shape index (κ2) is 7.02. The molecule has 0 atom stereocenters. The van der Waals surface area contributed by atoms with Crippen molar-refractivity contribution >= 4 is 21.9 Å². The van der Waals surface area contributed by atoms with Crippen LogP contribution in [-0.4, -0.2) is 4.98 Å². The van der Waals surface area contributed by atoms with Crippen LogP contribution in [0.2, 0.25) is 0 Å². The first-order valence-electron chi connectivity index (χ1n) is 16.2. The molecule has 3 heterocycles. The Hall–Kier alpha value is -3.46. The molecule has 2 aromatic carbocycles. The van der Waals surface area contributed by atoms with E-state index in [1.807, 2.05) is 19.1 Å². The second-order valence-electron chi connectivity index (χ2n) is 9.37. The Labute approximate surface area is 215 Å². The fraction of sp³-hybridized carbons (Fsp3) is 0.290. The van der Waals surface area contributed by atoms with Gasteiger partial charge in [0, 0.05) is 59.5 Å². The number of rotatable bonds is 2. The van der Waals surface area contributed by atoms with Crippen molar-refractivity contribution in [3.05, 3.63) is 82.8 Å². The standard InChI is InChI=1S/C31H31N2O/c1-17(2)23-14-26(33(7)16-19(23)4)27-18(3)8-9-20-21-10-11-24-28(30(21)34-29(20)27)22-12-13-32-15-25(22)31(24,5)6/h8-17H,1-7H3/q+1/i4D3,5D3,6D3,17D. The van der Waals surface area contributed by atoms with E-state index in [1.54, 1.807) is 49.7 Å². The van der Waals surface area contributed by atoms with Gasteiger partial charge in [0.05, 0.1) is 5.56 Å². The maximum Gasteiger partial charge on any atom is 0.216 e. The molecule has 1 aliphatic rings. The average molecular weight is 458 g/mol. The van der Waals surface area contributed by atoms with Crippen molar-refractivity contribution in [1.29, 1.82) is 0 Å². The highest BCUT2D eigenvalue weighted by molar-refractivity contribution is 6.14. The first kappa shape index (κ1) is 12.9. The molecule has 3 nitrogen and oxygen atoms in total. The van der Waals surface area contributed by atoms with Crippen molar-refractivity contribution in [2.24, 2.45) is 7.05 Å². The van der Waals surface area contributed by atoms with Gasteiger partial charge in [-0.05, 0) is 53.6 Å². The van der Waals surface area contributed by atoms with Crippen molar-refractivity contribution < 1.29 is 22.7 Å². The lowest BCUT2D eigenvalue weighted by Gasteiger charge is -2.20. The maximum absolute atomic E-state index is 8.74. The van der Waals surface area contributed by atoms with Gasteiger partial charge in [0.25, 0.3) is 0 Å². The van der Waals surface area contributed by atoms with Crippen molar-refractivity contribution in [3.63, 3.8) is 0 Å². The van der Waals surface area contributed by atoms with E-state index < -0.39 is 31.9 Å². The largest absolute Gasteiger partial charge is 0.454 e. The van der Waals surface area contributed by atoms with Crippen LogP contribution in [0.25, 0.3) is 44.3 Å². The van der Waals surface area contributed by atoms with Crippen molar-refractivity contribution in [2.45, 2.75) is 52.6 Å². The molecule has 34 heavy (non-hydrogen) atoms. The van der Waals surface area contributed by atoms with Crippen LogP contribution in [0.3, 0.4) is 0 Å². The normalized spacial score (nSPS) is 20.0. The summed E-state index contributed by atoms with van der Waals surface area (Å²) in [6.07, 6.45) is 4.37. The number of benzene rings is 2. The van der Waals surface area contributed by atoms with E-state index in [4.69, 9.17) is 18.1 Å². The van der Waals surface area contributed by atoms with Crippen LogP contribution in [0.5, 0.6) is 0 Å². The van der Waals surface area contributed by atoms with Crippen LogP contribution < -0.4 is 4.57 Å². The lowest BCUT2D eigenvalue weighted by Crippen LogP contribution is -2.32. The van der Waals surface area contributed by atoms with Crippen LogP contribution in [0.1, 0.15) is 75.0 Å². The molecule has 6 rings (SSSR count). The zero-order chi connectivity index (χ0) is 32.4. The summed E-state index contributed by atoms with van der Waals surface area (Å²) in [6, 6.07) is 10.5. The summed E-state index contributed by atoms with van der Waals surface area (Å²) in [5.74, 6) is -1.21. The van der Waals surface area contributed by atoms with E-state index in [0.717, 1.165) is 10.9 Å². The maximum atomic E-state index is 8.74. The molecule has 3 heteroatoms. The number of hydrogen-bond donors (Lipinski definition) is 0. The van der Waals surface area contributed by atoms with E-state index >= 15 is 0 Å². The van der Waals surface area contributed by atoms with Gasteiger partial charge >= 0.3 is 0 Å². The molecule has 0 bridgehead atoms. The number of hydrogen-bond acceptors (Lipinski definition) is 2. The van der Waals surface area contributed by atoms with Crippen molar-refractivity contribution in [3.8, 4) is 22.4 Å². The molecular formula is C31H31N2O+. The fourth-order valence-corrected chi connectivity index (χ4v) is 5.27. The summed E-state index contributed by atoms with van der Waals surface area (Å²) in [5.41, 5.74) is 2.22. The van der Waals surface area contributed by atoms with Crippen LogP contribution in [-0.2, 0) is 12.5 Å². The molecule has 3 aromatic heterocycles. The summed E-state index contributed by atoms with van der Waals surface area (Å²) in [7, 11) is 1.74. The Morgan fingerprint density at radius 3 is 2.50 bits per heavy atom. The van der Waals surface area contributed by atoms with E-state index in [2.05, 4.69) is 4.98 Å². The number of pyridine rings is 2.